The molecule has 8 heteroatoms. The number of hydrogen-bond acceptors (Lipinski definition) is 3. The molecule has 0 N–H and O–H groups in total. The van der Waals surface area contributed by atoms with Crippen molar-refractivity contribution in [3.63, 3.8) is 0 Å². The Kier molecular flexibility index (Phi) is 5.40. The van der Waals surface area contributed by atoms with Gasteiger partial charge in [-0.1, -0.05) is 18.7 Å². The van der Waals surface area contributed by atoms with Crippen LogP contribution in [0.1, 0.15) is 46.2 Å². The number of ketones is 1. The van der Waals surface area contributed by atoms with Crippen molar-refractivity contribution in [3.05, 3.63) is 65.5 Å². The number of alkyl halides is 3. The number of benzene rings is 1. The van der Waals surface area contributed by atoms with Crippen molar-refractivity contribution in [2.24, 2.45) is 0 Å². The molecule has 2 aromatic rings. The van der Waals surface area contributed by atoms with E-state index in [0.29, 0.717) is 25.9 Å². The van der Waals surface area contributed by atoms with E-state index in [0.717, 1.165) is 17.8 Å². The molecule has 0 spiro atoms. The lowest BCUT2D eigenvalue weighted by Gasteiger charge is -2.32. The van der Waals surface area contributed by atoms with Crippen LogP contribution in [0.5, 0.6) is 0 Å². The standard InChI is InChI=1S/C20H20F3N3O2/c1-3-18(27)25-10-8-16(9-11-25)26-13(2)12-17(24-26)19(28)14-4-6-15(7-5-14)20(21,22)23/h3-7,12,16H,1,8-11H2,2H3. The van der Waals surface area contributed by atoms with Crippen LogP contribution in [0.4, 0.5) is 13.2 Å². The first-order chi connectivity index (χ1) is 13.2. The Morgan fingerprint density at radius 1 is 1.18 bits per heavy atom. The second-order valence-electron chi connectivity index (χ2n) is 6.78. The molecule has 1 aliphatic rings. The quantitative estimate of drug-likeness (QED) is 0.589. The highest BCUT2D eigenvalue weighted by atomic mass is 19.4. The molecule has 0 aliphatic carbocycles. The average Bonchev–Trinajstić information content (AvgIpc) is 3.08. The molecule has 1 aliphatic heterocycles. The van der Waals surface area contributed by atoms with Gasteiger partial charge in [-0.25, -0.2) is 0 Å². The summed E-state index contributed by atoms with van der Waals surface area (Å²) in [7, 11) is 0. The fourth-order valence-corrected chi connectivity index (χ4v) is 3.39. The molecule has 28 heavy (non-hydrogen) atoms. The fourth-order valence-electron chi connectivity index (χ4n) is 3.39. The zero-order chi connectivity index (χ0) is 20.5. The molecule has 2 heterocycles. The van der Waals surface area contributed by atoms with Gasteiger partial charge in [-0.3, -0.25) is 14.3 Å². The van der Waals surface area contributed by atoms with Crippen LogP contribution in [-0.4, -0.2) is 39.5 Å². The van der Waals surface area contributed by atoms with Gasteiger partial charge in [0.05, 0.1) is 11.6 Å². The van der Waals surface area contributed by atoms with E-state index in [4.69, 9.17) is 0 Å². The van der Waals surface area contributed by atoms with E-state index >= 15 is 0 Å². The molecule has 3 rings (SSSR count). The zero-order valence-corrected chi connectivity index (χ0v) is 15.4. The third-order valence-corrected chi connectivity index (χ3v) is 4.93. The summed E-state index contributed by atoms with van der Waals surface area (Å²) in [5.74, 6) is -0.524. The number of nitrogens with zero attached hydrogens (tertiary/aromatic N) is 3. The van der Waals surface area contributed by atoms with Crippen molar-refractivity contribution in [3.8, 4) is 0 Å². The summed E-state index contributed by atoms with van der Waals surface area (Å²) < 4.78 is 39.8. The molecule has 0 unspecified atom stereocenters. The van der Waals surface area contributed by atoms with Gasteiger partial charge in [-0.15, -0.1) is 0 Å². The number of piperidine rings is 1. The van der Waals surface area contributed by atoms with Crippen molar-refractivity contribution >= 4 is 11.7 Å². The summed E-state index contributed by atoms with van der Waals surface area (Å²) in [4.78, 5) is 26.0. The number of hydrogen-bond donors (Lipinski definition) is 0. The molecule has 0 atom stereocenters. The van der Waals surface area contributed by atoms with Gasteiger partial charge < -0.3 is 4.90 Å². The highest BCUT2D eigenvalue weighted by Crippen LogP contribution is 2.29. The Labute approximate surface area is 160 Å². The molecule has 1 saturated heterocycles. The van der Waals surface area contributed by atoms with E-state index in [2.05, 4.69) is 11.7 Å². The van der Waals surface area contributed by atoms with Crippen molar-refractivity contribution in [2.45, 2.75) is 32.0 Å². The first-order valence-electron chi connectivity index (χ1n) is 8.90. The Bertz CT molecular complexity index is 892. The van der Waals surface area contributed by atoms with Crippen molar-refractivity contribution in [1.82, 2.24) is 14.7 Å². The summed E-state index contributed by atoms with van der Waals surface area (Å²) in [5, 5.41) is 4.39. The SMILES string of the molecule is C=CC(=O)N1CCC(n2nc(C(=O)c3ccc(C(F)(F)F)cc3)cc2C)CC1. The number of carbonyl (C=O) groups excluding carboxylic acids is 2. The third kappa shape index (κ3) is 4.00. The summed E-state index contributed by atoms with van der Waals surface area (Å²) in [6.45, 7) is 6.48. The lowest BCUT2D eigenvalue weighted by Crippen LogP contribution is -2.38. The molecule has 5 nitrogen and oxygen atoms in total. The molecule has 0 saturated carbocycles. The predicted octanol–water partition coefficient (Wildman–Crippen LogP) is 3.79. The normalized spacial score (nSPS) is 15.5. The fraction of sp³-hybridized carbons (Fsp3) is 0.350. The van der Waals surface area contributed by atoms with Crippen LogP contribution < -0.4 is 0 Å². The summed E-state index contributed by atoms with van der Waals surface area (Å²) in [6, 6.07) is 5.81. The number of aryl methyl sites for hydroxylation is 1. The molecular weight excluding hydrogens is 371 g/mol. The minimum atomic E-state index is -4.44. The van der Waals surface area contributed by atoms with E-state index in [1.807, 2.05) is 6.92 Å². The first-order valence-corrected chi connectivity index (χ1v) is 8.90. The van der Waals surface area contributed by atoms with Crippen LogP contribution in [0.3, 0.4) is 0 Å². The average molecular weight is 391 g/mol. The summed E-state index contributed by atoms with van der Waals surface area (Å²) >= 11 is 0. The van der Waals surface area contributed by atoms with Gasteiger partial charge in [0.15, 0.2) is 0 Å². The smallest absolute Gasteiger partial charge is 0.339 e. The minimum Gasteiger partial charge on any atom is -0.339 e. The van der Waals surface area contributed by atoms with Gasteiger partial charge >= 0.3 is 6.18 Å². The predicted molar refractivity (Wildman–Crippen MR) is 96.9 cm³/mol. The van der Waals surface area contributed by atoms with Gasteiger partial charge in [0, 0.05) is 24.3 Å². The van der Waals surface area contributed by atoms with Crippen molar-refractivity contribution < 1.29 is 22.8 Å². The minimum absolute atomic E-state index is 0.0584. The van der Waals surface area contributed by atoms with Crippen molar-refractivity contribution in [1.29, 1.82) is 0 Å². The van der Waals surface area contributed by atoms with Crippen LogP contribution in [0.2, 0.25) is 0 Å². The summed E-state index contributed by atoms with van der Waals surface area (Å²) in [6.07, 6.45) is -1.74. The lowest BCUT2D eigenvalue weighted by molar-refractivity contribution is -0.137. The Hall–Kier alpha value is -2.90. The van der Waals surface area contributed by atoms with Gasteiger partial charge in [0.25, 0.3) is 0 Å². The van der Waals surface area contributed by atoms with Crippen LogP contribution in [0, 0.1) is 6.92 Å². The second kappa shape index (κ2) is 7.61. The largest absolute Gasteiger partial charge is 0.416 e. The van der Waals surface area contributed by atoms with Gasteiger partial charge in [0.2, 0.25) is 11.7 Å². The van der Waals surface area contributed by atoms with Gasteiger partial charge in [-0.2, -0.15) is 18.3 Å². The third-order valence-electron chi connectivity index (χ3n) is 4.93. The molecule has 148 valence electrons. The van der Waals surface area contributed by atoms with Crippen molar-refractivity contribution in [2.75, 3.05) is 13.1 Å². The molecule has 1 fully saturated rings. The van der Waals surface area contributed by atoms with Crippen LogP contribution in [0.25, 0.3) is 0 Å². The zero-order valence-electron chi connectivity index (χ0n) is 15.4. The maximum Gasteiger partial charge on any atom is 0.416 e. The van der Waals surface area contributed by atoms with Crippen LogP contribution >= 0.6 is 0 Å². The highest BCUT2D eigenvalue weighted by molar-refractivity contribution is 6.07. The Morgan fingerprint density at radius 3 is 2.32 bits per heavy atom. The first kappa shape index (κ1) is 19.9. The van der Waals surface area contributed by atoms with E-state index in [1.54, 1.807) is 15.6 Å². The number of amides is 1. The monoisotopic (exact) mass is 391 g/mol. The lowest BCUT2D eigenvalue weighted by atomic mass is 10.0. The number of halogens is 3. The van der Waals surface area contributed by atoms with E-state index in [-0.39, 0.29) is 23.2 Å². The Balaban J connectivity index is 1.74. The van der Waals surface area contributed by atoms with Crippen LogP contribution in [0.15, 0.2) is 43.0 Å². The van der Waals surface area contributed by atoms with E-state index < -0.39 is 17.5 Å². The molecular formula is C20H20F3N3O2. The second-order valence-corrected chi connectivity index (χ2v) is 6.78. The highest BCUT2D eigenvalue weighted by Gasteiger charge is 2.30. The van der Waals surface area contributed by atoms with Gasteiger partial charge in [-0.05, 0) is 44.0 Å². The van der Waals surface area contributed by atoms with Crippen LogP contribution in [-0.2, 0) is 11.0 Å². The van der Waals surface area contributed by atoms with Gasteiger partial charge in [0.1, 0.15) is 5.69 Å². The number of carbonyl (C=O) groups is 2. The molecule has 0 radical (unpaired) electrons. The maximum absolute atomic E-state index is 12.7. The Morgan fingerprint density at radius 2 is 1.79 bits per heavy atom. The molecule has 1 aromatic heterocycles. The van der Waals surface area contributed by atoms with E-state index in [1.165, 1.54) is 18.2 Å². The number of likely N-dealkylation sites (tertiary alicyclic amines) is 1. The molecule has 0 bridgehead atoms. The number of aromatic nitrogens is 2. The summed E-state index contributed by atoms with van der Waals surface area (Å²) in [5.41, 5.74) is 0.348. The number of rotatable bonds is 4. The molecule has 1 aromatic carbocycles. The molecule has 1 amide bonds. The maximum atomic E-state index is 12.7. The topological polar surface area (TPSA) is 55.2 Å². The van der Waals surface area contributed by atoms with E-state index in [9.17, 15) is 22.8 Å².